The second kappa shape index (κ2) is 8.44. The van der Waals surface area contributed by atoms with Crippen molar-refractivity contribution in [1.29, 1.82) is 0 Å². The number of hydrogen-bond donors (Lipinski definition) is 1. The van der Waals surface area contributed by atoms with Gasteiger partial charge in [-0.25, -0.2) is 0 Å². The molecule has 0 heterocycles. The third-order valence-corrected chi connectivity index (χ3v) is 3.85. The van der Waals surface area contributed by atoms with Crippen LogP contribution in [0.4, 0.5) is 0 Å². The Labute approximate surface area is 141 Å². The molecule has 2 aromatic rings. The first-order chi connectivity index (χ1) is 11.1. The summed E-state index contributed by atoms with van der Waals surface area (Å²) in [5.74, 6) is 1.38. The topological polar surface area (TPSA) is 47.6 Å². The predicted octanol–water partition coefficient (Wildman–Crippen LogP) is 3.61. The van der Waals surface area contributed by atoms with Gasteiger partial charge in [0.25, 0.3) is 0 Å². The Morgan fingerprint density at radius 2 is 1.74 bits per heavy atom. The SMILES string of the molecule is COc1cc(CNC(=O)CCc2ccccc2Cl)cc(OC)c1. The molecule has 0 aliphatic carbocycles. The third kappa shape index (κ3) is 5.18. The molecule has 0 radical (unpaired) electrons. The highest BCUT2D eigenvalue weighted by Crippen LogP contribution is 2.22. The van der Waals surface area contributed by atoms with Crippen LogP contribution in [0.2, 0.25) is 5.02 Å². The van der Waals surface area contributed by atoms with Crippen LogP contribution in [0.1, 0.15) is 17.5 Å². The lowest BCUT2D eigenvalue weighted by Crippen LogP contribution is -2.23. The Balaban J connectivity index is 1.88. The van der Waals surface area contributed by atoms with Crippen LogP contribution in [-0.4, -0.2) is 20.1 Å². The number of ether oxygens (including phenoxy) is 2. The average molecular weight is 334 g/mol. The lowest BCUT2D eigenvalue weighted by atomic mass is 10.1. The van der Waals surface area contributed by atoms with Crippen LogP contribution in [0.15, 0.2) is 42.5 Å². The molecule has 0 aliphatic rings. The van der Waals surface area contributed by atoms with Crippen molar-refractivity contribution < 1.29 is 14.3 Å². The molecule has 0 spiro atoms. The number of carbonyl (C=O) groups is 1. The van der Waals surface area contributed by atoms with Gasteiger partial charge in [0, 0.05) is 24.1 Å². The molecular weight excluding hydrogens is 314 g/mol. The smallest absolute Gasteiger partial charge is 0.220 e. The maximum atomic E-state index is 12.0. The van der Waals surface area contributed by atoms with Crippen molar-refractivity contribution in [3.8, 4) is 11.5 Å². The predicted molar refractivity (Wildman–Crippen MR) is 91.2 cm³/mol. The summed E-state index contributed by atoms with van der Waals surface area (Å²) < 4.78 is 10.4. The average Bonchev–Trinajstić information content (AvgIpc) is 2.58. The van der Waals surface area contributed by atoms with Gasteiger partial charge in [-0.3, -0.25) is 4.79 Å². The fourth-order valence-electron chi connectivity index (χ4n) is 2.21. The summed E-state index contributed by atoms with van der Waals surface area (Å²) in [4.78, 5) is 12.0. The quantitative estimate of drug-likeness (QED) is 0.842. The number of aryl methyl sites for hydroxylation is 1. The molecule has 0 saturated heterocycles. The molecule has 0 bridgehead atoms. The molecule has 0 unspecified atom stereocenters. The molecule has 0 fully saturated rings. The number of hydrogen-bond acceptors (Lipinski definition) is 3. The first-order valence-electron chi connectivity index (χ1n) is 7.34. The molecular formula is C18H20ClNO3. The Hall–Kier alpha value is -2.20. The minimum absolute atomic E-state index is 0.0216. The first-order valence-corrected chi connectivity index (χ1v) is 7.72. The van der Waals surface area contributed by atoms with Gasteiger partial charge in [-0.15, -0.1) is 0 Å². The van der Waals surface area contributed by atoms with Gasteiger partial charge in [-0.05, 0) is 35.7 Å². The molecule has 1 N–H and O–H groups in total. The van der Waals surface area contributed by atoms with E-state index in [0.717, 1.165) is 11.1 Å². The van der Waals surface area contributed by atoms with Gasteiger partial charge in [0.15, 0.2) is 0 Å². The lowest BCUT2D eigenvalue weighted by molar-refractivity contribution is -0.121. The fourth-order valence-corrected chi connectivity index (χ4v) is 2.44. The van der Waals surface area contributed by atoms with Gasteiger partial charge in [0.05, 0.1) is 14.2 Å². The minimum Gasteiger partial charge on any atom is -0.497 e. The largest absolute Gasteiger partial charge is 0.497 e. The van der Waals surface area contributed by atoms with E-state index in [9.17, 15) is 4.79 Å². The van der Waals surface area contributed by atoms with E-state index < -0.39 is 0 Å². The van der Waals surface area contributed by atoms with Gasteiger partial charge in [0.2, 0.25) is 5.91 Å². The molecule has 23 heavy (non-hydrogen) atoms. The Morgan fingerprint density at radius 3 is 2.35 bits per heavy atom. The number of methoxy groups -OCH3 is 2. The Bertz CT molecular complexity index is 651. The van der Waals surface area contributed by atoms with E-state index in [-0.39, 0.29) is 5.91 Å². The summed E-state index contributed by atoms with van der Waals surface area (Å²) in [7, 11) is 3.20. The van der Waals surface area contributed by atoms with E-state index in [1.807, 2.05) is 36.4 Å². The molecule has 2 aromatic carbocycles. The summed E-state index contributed by atoms with van der Waals surface area (Å²) in [5, 5.41) is 3.59. The second-order valence-electron chi connectivity index (χ2n) is 5.09. The molecule has 0 aliphatic heterocycles. The van der Waals surface area contributed by atoms with Crippen LogP contribution in [0.25, 0.3) is 0 Å². The van der Waals surface area contributed by atoms with Crippen LogP contribution >= 0.6 is 11.6 Å². The number of nitrogens with one attached hydrogen (secondary N) is 1. The van der Waals surface area contributed by atoms with Gasteiger partial charge in [-0.1, -0.05) is 29.8 Å². The fraction of sp³-hybridized carbons (Fsp3) is 0.278. The zero-order valence-electron chi connectivity index (χ0n) is 13.3. The van der Waals surface area contributed by atoms with Gasteiger partial charge in [0.1, 0.15) is 11.5 Å². The number of benzene rings is 2. The van der Waals surface area contributed by atoms with E-state index in [2.05, 4.69) is 5.32 Å². The first kappa shape index (κ1) is 17.2. The number of halogens is 1. The summed E-state index contributed by atoms with van der Waals surface area (Å²) in [6.07, 6.45) is 1.01. The van der Waals surface area contributed by atoms with Crippen molar-refractivity contribution in [3.05, 3.63) is 58.6 Å². The van der Waals surface area contributed by atoms with Crippen molar-refractivity contribution in [3.63, 3.8) is 0 Å². The summed E-state index contributed by atoms with van der Waals surface area (Å²) >= 11 is 6.09. The highest BCUT2D eigenvalue weighted by atomic mass is 35.5. The van der Waals surface area contributed by atoms with Crippen molar-refractivity contribution >= 4 is 17.5 Å². The van der Waals surface area contributed by atoms with Crippen molar-refractivity contribution in [2.45, 2.75) is 19.4 Å². The molecule has 4 nitrogen and oxygen atoms in total. The third-order valence-electron chi connectivity index (χ3n) is 3.48. The maximum Gasteiger partial charge on any atom is 0.220 e. The molecule has 1 amide bonds. The molecule has 0 aromatic heterocycles. The standard InChI is InChI=1S/C18H20ClNO3/c1-22-15-9-13(10-16(11-15)23-2)12-20-18(21)8-7-14-5-3-4-6-17(14)19/h3-6,9-11H,7-8,12H2,1-2H3,(H,20,21). The Morgan fingerprint density at radius 1 is 1.09 bits per heavy atom. The second-order valence-corrected chi connectivity index (χ2v) is 5.50. The molecule has 0 saturated carbocycles. The molecule has 5 heteroatoms. The van der Waals surface area contributed by atoms with E-state index in [0.29, 0.717) is 35.9 Å². The molecule has 122 valence electrons. The van der Waals surface area contributed by atoms with E-state index >= 15 is 0 Å². The van der Waals surface area contributed by atoms with Crippen molar-refractivity contribution in [2.24, 2.45) is 0 Å². The molecule has 2 rings (SSSR count). The van der Waals surface area contributed by atoms with Gasteiger partial charge >= 0.3 is 0 Å². The van der Waals surface area contributed by atoms with Crippen molar-refractivity contribution in [2.75, 3.05) is 14.2 Å². The minimum atomic E-state index is -0.0216. The summed E-state index contributed by atoms with van der Waals surface area (Å²) in [6.45, 7) is 0.426. The summed E-state index contributed by atoms with van der Waals surface area (Å²) in [6, 6.07) is 13.1. The highest BCUT2D eigenvalue weighted by Gasteiger charge is 2.06. The van der Waals surface area contributed by atoms with Gasteiger partial charge < -0.3 is 14.8 Å². The number of amides is 1. The normalized spacial score (nSPS) is 10.2. The Kier molecular flexibility index (Phi) is 6.29. The van der Waals surface area contributed by atoms with E-state index in [1.54, 1.807) is 20.3 Å². The molecule has 0 atom stereocenters. The van der Waals surface area contributed by atoms with Crippen LogP contribution < -0.4 is 14.8 Å². The van der Waals surface area contributed by atoms with Crippen LogP contribution in [0.3, 0.4) is 0 Å². The highest BCUT2D eigenvalue weighted by molar-refractivity contribution is 6.31. The van der Waals surface area contributed by atoms with Gasteiger partial charge in [-0.2, -0.15) is 0 Å². The van der Waals surface area contributed by atoms with E-state index in [4.69, 9.17) is 21.1 Å². The maximum absolute atomic E-state index is 12.0. The number of rotatable bonds is 7. The van der Waals surface area contributed by atoms with Crippen LogP contribution in [0, 0.1) is 0 Å². The van der Waals surface area contributed by atoms with Crippen molar-refractivity contribution in [1.82, 2.24) is 5.32 Å². The monoisotopic (exact) mass is 333 g/mol. The number of carbonyl (C=O) groups excluding carboxylic acids is 1. The van der Waals surface area contributed by atoms with Crippen LogP contribution in [-0.2, 0) is 17.8 Å². The zero-order valence-corrected chi connectivity index (χ0v) is 14.0. The summed E-state index contributed by atoms with van der Waals surface area (Å²) in [5.41, 5.74) is 1.90. The van der Waals surface area contributed by atoms with Crippen LogP contribution in [0.5, 0.6) is 11.5 Å². The van der Waals surface area contributed by atoms with E-state index in [1.165, 1.54) is 0 Å². The lowest BCUT2D eigenvalue weighted by Gasteiger charge is -2.10. The zero-order chi connectivity index (χ0) is 16.7.